The summed E-state index contributed by atoms with van der Waals surface area (Å²) in [6, 6.07) is 14.6. The van der Waals surface area contributed by atoms with E-state index in [1.54, 1.807) is 38.3 Å². The molecule has 1 aliphatic heterocycles. The van der Waals surface area contributed by atoms with Gasteiger partial charge in [-0.3, -0.25) is 14.7 Å². The van der Waals surface area contributed by atoms with E-state index in [1.165, 1.54) is 0 Å². The first-order valence-electron chi connectivity index (χ1n) is 10.8. The highest BCUT2D eigenvalue weighted by Crippen LogP contribution is 2.29. The lowest BCUT2D eigenvalue weighted by atomic mass is 9.95. The highest BCUT2D eigenvalue weighted by molar-refractivity contribution is 6.06. The summed E-state index contributed by atoms with van der Waals surface area (Å²) in [5.74, 6) is -0.289. The van der Waals surface area contributed by atoms with E-state index >= 15 is 0 Å². The summed E-state index contributed by atoms with van der Waals surface area (Å²) < 4.78 is 10.8. The van der Waals surface area contributed by atoms with Crippen LogP contribution in [0.5, 0.6) is 5.75 Å². The fraction of sp³-hybridized carbons (Fsp3) is 0.320. The Kier molecular flexibility index (Phi) is 6.37. The van der Waals surface area contributed by atoms with Gasteiger partial charge in [0.15, 0.2) is 6.10 Å². The van der Waals surface area contributed by atoms with E-state index in [0.717, 1.165) is 41.7 Å². The number of likely N-dealkylation sites (N-methyl/N-ethyl adjacent to an activating group) is 1. The minimum Gasteiger partial charge on any atom is -0.497 e. The van der Waals surface area contributed by atoms with Crippen LogP contribution < -0.4 is 10.1 Å². The Morgan fingerprint density at radius 3 is 2.78 bits per heavy atom. The molecule has 0 radical (unpaired) electrons. The van der Waals surface area contributed by atoms with Crippen LogP contribution in [0.4, 0.5) is 5.69 Å². The van der Waals surface area contributed by atoms with Gasteiger partial charge in [0.2, 0.25) is 0 Å². The zero-order valence-corrected chi connectivity index (χ0v) is 18.6. The molecule has 3 aromatic rings. The van der Waals surface area contributed by atoms with Crippen molar-refractivity contribution in [3.05, 3.63) is 65.4 Å². The van der Waals surface area contributed by atoms with E-state index in [2.05, 4.69) is 17.1 Å². The van der Waals surface area contributed by atoms with Crippen molar-refractivity contribution in [1.29, 1.82) is 0 Å². The Balaban J connectivity index is 1.59. The molecule has 7 nitrogen and oxygen atoms in total. The molecule has 4 rings (SSSR count). The minimum absolute atomic E-state index is 0.408. The Hall–Kier alpha value is -3.45. The molecule has 32 heavy (non-hydrogen) atoms. The molecule has 1 amide bonds. The first-order valence-corrected chi connectivity index (χ1v) is 10.8. The Bertz CT molecular complexity index is 1160. The molecule has 0 spiro atoms. The monoisotopic (exact) mass is 433 g/mol. The first-order chi connectivity index (χ1) is 15.5. The summed E-state index contributed by atoms with van der Waals surface area (Å²) in [5.41, 5.74) is 3.65. The van der Waals surface area contributed by atoms with Gasteiger partial charge in [-0.15, -0.1) is 0 Å². The van der Waals surface area contributed by atoms with Crippen LogP contribution in [0.1, 0.15) is 35.5 Å². The number of fused-ring (bicyclic) bond motifs is 2. The predicted molar refractivity (Wildman–Crippen MR) is 123 cm³/mol. The van der Waals surface area contributed by atoms with Gasteiger partial charge < -0.3 is 14.8 Å². The van der Waals surface area contributed by atoms with E-state index in [4.69, 9.17) is 14.5 Å². The molecule has 0 fully saturated rings. The number of aromatic nitrogens is 1. The molecule has 166 valence electrons. The van der Waals surface area contributed by atoms with Crippen molar-refractivity contribution in [2.75, 3.05) is 25.5 Å². The van der Waals surface area contributed by atoms with Gasteiger partial charge in [0.1, 0.15) is 5.75 Å². The number of methoxy groups -OCH3 is 1. The van der Waals surface area contributed by atoms with Crippen LogP contribution in [0, 0.1) is 0 Å². The number of hydrogen-bond donors (Lipinski definition) is 1. The van der Waals surface area contributed by atoms with Crippen LogP contribution >= 0.6 is 0 Å². The largest absolute Gasteiger partial charge is 0.497 e. The van der Waals surface area contributed by atoms with Crippen LogP contribution in [0.15, 0.2) is 48.5 Å². The second-order valence-corrected chi connectivity index (χ2v) is 7.82. The van der Waals surface area contributed by atoms with Crippen molar-refractivity contribution in [3.63, 3.8) is 0 Å². The fourth-order valence-electron chi connectivity index (χ4n) is 3.97. The Labute approximate surface area is 187 Å². The van der Waals surface area contributed by atoms with E-state index in [-0.39, 0.29) is 0 Å². The second-order valence-electron chi connectivity index (χ2n) is 7.82. The number of nitrogens with one attached hydrogen (secondary N) is 1. The number of carbonyl (C=O) groups is 2. The predicted octanol–water partition coefficient (Wildman–Crippen LogP) is 3.81. The van der Waals surface area contributed by atoms with Crippen molar-refractivity contribution < 1.29 is 19.1 Å². The third kappa shape index (κ3) is 4.43. The number of rotatable bonds is 6. The fourth-order valence-corrected chi connectivity index (χ4v) is 3.97. The van der Waals surface area contributed by atoms with Crippen molar-refractivity contribution >= 4 is 28.5 Å². The molecule has 0 bridgehead atoms. The number of nitrogens with zero attached hydrogens (tertiary/aromatic N) is 2. The van der Waals surface area contributed by atoms with E-state index in [9.17, 15) is 9.59 Å². The lowest BCUT2D eigenvalue weighted by Gasteiger charge is -2.29. The molecule has 1 unspecified atom stereocenters. The molecule has 2 aromatic carbocycles. The van der Waals surface area contributed by atoms with Crippen LogP contribution in [-0.4, -0.2) is 48.1 Å². The van der Waals surface area contributed by atoms with Gasteiger partial charge in [-0.2, -0.15) is 0 Å². The number of para-hydroxylation sites is 1. The Morgan fingerprint density at radius 2 is 2.00 bits per heavy atom. The van der Waals surface area contributed by atoms with Crippen LogP contribution in [0.3, 0.4) is 0 Å². The van der Waals surface area contributed by atoms with Gasteiger partial charge in [-0.1, -0.05) is 31.2 Å². The lowest BCUT2D eigenvalue weighted by Crippen LogP contribution is -2.34. The van der Waals surface area contributed by atoms with Crippen molar-refractivity contribution in [2.45, 2.75) is 32.9 Å². The molecule has 7 heteroatoms. The molecule has 1 aliphatic rings. The zero-order valence-electron chi connectivity index (χ0n) is 18.6. The van der Waals surface area contributed by atoms with Crippen LogP contribution in [0.2, 0.25) is 0 Å². The molecule has 1 N–H and O–H groups in total. The number of hydrogen-bond acceptors (Lipinski definition) is 6. The molecular formula is C25H27N3O4. The topological polar surface area (TPSA) is 80.8 Å². The smallest absolute Gasteiger partial charge is 0.339 e. The van der Waals surface area contributed by atoms with Crippen molar-refractivity contribution in [1.82, 2.24) is 9.88 Å². The summed E-state index contributed by atoms with van der Waals surface area (Å²) in [5, 5.41) is 3.52. The third-order valence-corrected chi connectivity index (χ3v) is 5.77. The standard InChI is InChI=1S/C25H27N3O4/c1-4-28-13-12-22-20(15-28)23(19-10-5-6-11-21(19)27-22)25(30)32-16(2)24(29)26-17-8-7-9-18(14-17)31-3/h5-11,14,16H,4,12-13,15H2,1-3H3,(H,26,29). The maximum Gasteiger partial charge on any atom is 0.339 e. The molecule has 2 heterocycles. The summed E-state index contributed by atoms with van der Waals surface area (Å²) in [7, 11) is 1.56. The number of anilines is 1. The number of ether oxygens (including phenoxy) is 2. The molecule has 0 saturated carbocycles. The summed E-state index contributed by atoms with van der Waals surface area (Å²) in [6.45, 7) is 6.10. The number of esters is 1. The Morgan fingerprint density at radius 1 is 1.19 bits per heavy atom. The highest BCUT2D eigenvalue weighted by Gasteiger charge is 2.28. The van der Waals surface area contributed by atoms with Gasteiger partial charge in [-0.05, 0) is 31.7 Å². The minimum atomic E-state index is -0.970. The van der Waals surface area contributed by atoms with Crippen LogP contribution in [0.25, 0.3) is 10.9 Å². The van der Waals surface area contributed by atoms with E-state index < -0.39 is 18.0 Å². The second kappa shape index (κ2) is 9.36. The first kappa shape index (κ1) is 21.8. The number of amides is 1. The third-order valence-electron chi connectivity index (χ3n) is 5.77. The molecular weight excluding hydrogens is 406 g/mol. The van der Waals surface area contributed by atoms with Gasteiger partial charge in [-0.25, -0.2) is 4.79 Å². The van der Waals surface area contributed by atoms with E-state index in [1.807, 2.05) is 24.3 Å². The SMILES string of the molecule is CCN1CCc2nc3ccccc3c(C(=O)OC(C)C(=O)Nc3cccc(OC)c3)c2C1. The summed E-state index contributed by atoms with van der Waals surface area (Å²) in [4.78, 5) is 33.1. The molecule has 1 aromatic heterocycles. The lowest BCUT2D eigenvalue weighted by molar-refractivity contribution is -0.123. The van der Waals surface area contributed by atoms with Crippen molar-refractivity contribution in [3.8, 4) is 5.75 Å². The molecule has 1 atom stereocenters. The van der Waals surface area contributed by atoms with Gasteiger partial charge in [0.25, 0.3) is 5.91 Å². The number of pyridine rings is 1. The van der Waals surface area contributed by atoms with Crippen molar-refractivity contribution in [2.24, 2.45) is 0 Å². The van der Waals surface area contributed by atoms with Gasteiger partial charge >= 0.3 is 5.97 Å². The summed E-state index contributed by atoms with van der Waals surface area (Å²) >= 11 is 0. The maximum atomic E-state index is 13.3. The van der Waals surface area contributed by atoms with Gasteiger partial charge in [0.05, 0.1) is 18.2 Å². The normalized spacial score (nSPS) is 14.5. The quantitative estimate of drug-likeness (QED) is 0.596. The van der Waals surface area contributed by atoms with E-state index in [0.29, 0.717) is 23.5 Å². The molecule has 0 saturated heterocycles. The maximum absolute atomic E-state index is 13.3. The average molecular weight is 434 g/mol. The zero-order chi connectivity index (χ0) is 22.7. The molecule has 0 aliphatic carbocycles. The van der Waals surface area contributed by atoms with Crippen LogP contribution in [-0.2, 0) is 22.5 Å². The van der Waals surface area contributed by atoms with Gasteiger partial charge in [0, 0.05) is 47.9 Å². The number of carbonyl (C=O) groups excluding carboxylic acids is 2. The highest BCUT2D eigenvalue weighted by atomic mass is 16.5. The number of benzene rings is 2. The summed E-state index contributed by atoms with van der Waals surface area (Å²) in [6.07, 6.45) is -0.192. The average Bonchev–Trinajstić information content (AvgIpc) is 2.82.